The molecule has 0 aliphatic carbocycles. The molecule has 1 aliphatic heterocycles. The Kier molecular flexibility index (Phi) is 5.40. The fourth-order valence-corrected chi connectivity index (χ4v) is 4.55. The second kappa shape index (κ2) is 8.13. The van der Waals surface area contributed by atoms with Crippen LogP contribution in [0.1, 0.15) is 18.2 Å². The number of benzene rings is 2. The molecule has 0 unspecified atom stereocenters. The van der Waals surface area contributed by atoms with Crippen LogP contribution in [0.5, 0.6) is 0 Å². The van der Waals surface area contributed by atoms with Crippen LogP contribution >= 0.6 is 11.8 Å². The van der Waals surface area contributed by atoms with E-state index in [1.807, 2.05) is 73.1 Å². The zero-order valence-corrected chi connectivity index (χ0v) is 17.2. The molecular weight excluding hydrogens is 384 g/mol. The molecule has 0 saturated carbocycles. The van der Waals surface area contributed by atoms with Crippen LogP contribution in [0.25, 0.3) is 5.69 Å². The largest absolute Gasteiger partial charge is 0.324 e. The van der Waals surface area contributed by atoms with Crippen LogP contribution in [0.15, 0.2) is 59.6 Å². The number of carbonyl (C=O) groups is 2. The Morgan fingerprint density at radius 3 is 2.62 bits per heavy atom. The van der Waals surface area contributed by atoms with E-state index in [4.69, 9.17) is 0 Å². The Hall–Kier alpha value is -3.06. The summed E-state index contributed by atoms with van der Waals surface area (Å²) in [6, 6.07) is 17.5. The third-order valence-corrected chi connectivity index (χ3v) is 5.90. The molecule has 1 aliphatic rings. The maximum absolute atomic E-state index is 12.8. The first-order valence-corrected chi connectivity index (χ1v) is 10.5. The minimum Gasteiger partial charge on any atom is -0.324 e. The van der Waals surface area contributed by atoms with Gasteiger partial charge in [-0.1, -0.05) is 55.1 Å². The summed E-state index contributed by atoms with van der Waals surface area (Å²) in [5, 5.41) is 8.47. The zero-order chi connectivity index (χ0) is 20.4. The normalized spacial score (nSPS) is 13.3. The van der Waals surface area contributed by atoms with Crippen molar-refractivity contribution in [3.8, 4) is 5.69 Å². The number of thioether (sulfide) groups is 1. The van der Waals surface area contributed by atoms with Crippen molar-refractivity contribution in [2.24, 2.45) is 0 Å². The van der Waals surface area contributed by atoms with Crippen molar-refractivity contribution in [1.82, 2.24) is 9.78 Å². The van der Waals surface area contributed by atoms with E-state index in [9.17, 15) is 9.59 Å². The summed E-state index contributed by atoms with van der Waals surface area (Å²) in [6.07, 6.45) is 0.822. The third kappa shape index (κ3) is 3.78. The fourth-order valence-electron chi connectivity index (χ4n) is 3.47. The molecule has 2 aromatic carbocycles. The first kappa shape index (κ1) is 19.3. The van der Waals surface area contributed by atoms with Gasteiger partial charge >= 0.3 is 0 Å². The number of hydrogen-bond donors (Lipinski definition) is 1. The molecular formula is C22H22N4O2S. The predicted molar refractivity (Wildman–Crippen MR) is 116 cm³/mol. The van der Waals surface area contributed by atoms with Crippen molar-refractivity contribution in [2.45, 2.75) is 25.3 Å². The highest BCUT2D eigenvalue weighted by atomic mass is 32.2. The van der Waals surface area contributed by atoms with Gasteiger partial charge in [-0.2, -0.15) is 5.10 Å². The lowest BCUT2D eigenvalue weighted by Gasteiger charge is -2.27. The Morgan fingerprint density at radius 1 is 1.14 bits per heavy atom. The van der Waals surface area contributed by atoms with Crippen molar-refractivity contribution < 1.29 is 9.59 Å². The van der Waals surface area contributed by atoms with Crippen LogP contribution in [-0.2, 0) is 16.0 Å². The minimum absolute atomic E-state index is 0.0359. The third-order valence-electron chi connectivity index (χ3n) is 4.87. The number of nitrogens with zero attached hydrogens (tertiary/aromatic N) is 3. The number of aromatic nitrogens is 2. The molecule has 1 N–H and O–H groups in total. The Labute approximate surface area is 173 Å². The molecule has 29 heavy (non-hydrogen) atoms. The number of para-hydroxylation sites is 2. The highest BCUT2D eigenvalue weighted by molar-refractivity contribution is 8.00. The molecule has 7 heteroatoms. The van der Waals surface area contributed by atoms with E-state index in [1.54, 1.807) is 4.90 Å². The summed E-state index contributed by atoms with van der Waals surface area (Å²) >= 11 is 1.46. The number of rotatable bonds is 5. The van der Waals surface area contributed by atoms with Crippen molar-refractivity contribution in [1.29, 1.82) is 0 Å². The van der Waals surface area contributed by atoms with Crippen molar-refractivity contribution in [3.63, 3.8) is 0 Å². The van der Waals surface area contributed by atoms with Gasteiger partial charge in [0.15, 0.2) is 0 Å². The van der Waals surface area contributed by atoms with Gasteiger partial charge in [-0.15, -0.1) is 0 Å². The average molecular weight is 407 g/mol. The first-order chi connectivity index (χ1) is 14.1. The van der Waals surface area contributed by atoms with Crippen LogP contribution < -0.4 is 10.2 Å². The van der Waals surface area contributed by atoms with Gasteiger partial charge < -0.3 is 5.32 Å². The van der Waals surface area contributed by atoms with Crippen molar-refractivity contribution in [3.05, 3.63) is 65.9 Å². The summed E-state index contributed by atoms with van der Waals surface area (Å²) in [5.41, 5.74) is 4.23. The van der Waals surface area contributed by atoms with E-state index in [2.05, 4.69) is 10.4 Å². The number of carbonyl (C=O) groups excluding carboxylic acids is 2. The van der Waals surface area contributed by atoms with Crippen LogP contribution in [0.2, 0.25) is 0 Å². The van der Waals surface area contributed by atoms with Crippen LogP contribution in [0.3, 0.4) is 0 Å². The smallest absolute Gasteiger partial charge is 0.244 e. The van der Waals surface area contributed by atoms with Gasteiger partial charge in [-0.25, -0.2) is 4.68 Å². The summed E-state index contributed by atoms with van der Waals surface area (Å²) in [4.78, 5) is 27.0. The van der Waals surface area contributed by atoms with Crippen LogP contribution in [0, 0.1) is 6.92 Å². The number of amides is 2. The van der Waals surface area contributed by atoms with Crippen molar-refractivity contribution in [2.75, 3.05) is 22.5 Å². The van der Waals surface area contributed by atoms with E-state index >= 15 is 0 Å². The number of anilines is 2. The first-order valence-electron chi connectivity index (χ1n) is 9.54. The second-order valence-electron chi connectivity index (χ2n) is 6.81. The van der Waals surface area contributed by atoms with Crippen LogP contribution in [-0.4, -0.2) is 33.9 Å². The molecule has 4 rings (SSSR count). The topological polar surface area (TPSA) is 67.2 Å². The Bertz CT molecular complexity index is 1060. The molecule has 6 nitrogen and oxygen atoms in total. The van der Waals surface area contributed by atoms with E-state index in [1.165, 1.54) is 11.8 Å². The number of aryl methyl sites for hydroxylation is 2. The molecule has 148 valence electrons. The second-order valence-corrected chi connectivity index (χ2v) is 7.78. The highest BCUT2D eigenvalue weighted by Crippen LogP contribution is 2.39. The molecule has 2 heterocycles. The van der Waals surface area contributed by atoms with Gasteiger partial charge in [-0.3, -0.25) is 14.5 Å². The lowest BCUT2D eigenvalue weighted by molar-refractivity contribution is -0.120. The highest BCUT2D eigenvalue weighted by Gasteiger charge is 2.32. The molecule has 2 amide bonds. The maximum Gasteiger partial charge on any atom is 0.244 e. The van der Waals surface area contributed by atoms with Gasteiger partial charge in [0.1, 0.15) is 11.6 Å². The van der Waals surface area contributed by atoms with Gasteiger partial charge in [0, 0.05) is 5.69 Å². The Morgan fingerprint density at radius 2 is 1.86 bits per heavy atom. The van der Waals surface area contributed by atoms with E-state index in [0.29, 0.717) is 5.69 Å². The Balaban J connectivity index is 1.62. The van der Waals surface area contributed by atoms with Gasteiger partial charge in [0.05, 0.1) is 22.8 Å². The van der Waals surface area contributed by atoms with Crippen LogP contribution in [0.4, 0.5) is 11.4 Å². The molecule has 0 saturated heterocycles. The molecule has 0 atom stereocenters. The summed E-state index contributed by atoms with van der Waals surface area (Å²) in [5.74, 6) is -0.0230. The maximum atomic E-state index is 12.8. The lowest BCUT2D eigenvalue weighted by atomic mass is 10.1. The van der Waals surface area contributed by atoms with Crippen molar-refractivity contribution >= 4 is 35.0 Å². The quantitative estimate of drug-likeness (QED) is 0.699. The van der Waals surface area contributed by atoms with Gasteiger partial charge in [0.2, 0.25) is 11.8 Å². The fraction of sp³-hybridized carbons (Fsp3) is 0.227. The zero-order valence-electron chi connectivity index (χ0n) is 16.4. The summed E-state index contributed by atoms with van der Waals surface area (Å²) < 4.78 is 1.85. The lowest BCUT2D eigenvalue weighted by Crippen LogP contribution is -2.41. The average Bonchev–Trinajstić information content (AvgIpc) is 3.08. The molecule has 0 fully saturated rings. The standard InChI is InChI=1S/C22H22N4O2S/c1-3-16-9-7-8-12-18(16)23-19(27)13-25-20(28)14-29-22-21(25)15(2)24-26(22)17-10-5-4-6-11-17/h4-12H,3,13-14H2,1-2H3,(H,23,27). The molecule has 1 aromatic heterocycles. The number of fused-ring (bicyclic) bond motifs is 1. The molecule has 0 bridgehead atoms. The molecule has 3 aromatic rings. The molecule has 0 spiro atoms. The number of hydrogen-bond acceptors (Lipinski definition) is 4. The SMILES string of the molecule is CCc1ccccc1NC(=O)CN1C(=O)CSc2c1c(C)nn2-c1ccccc1. The summed E-state index contributed by atoms with van der Waals surface area (Å²) in [7, 11) is 0. The van der Waals surface area contributed by atoms with Gasteiger partial charge in [-0.05, 0) is 37.1 Å². The van der Waals surface area contributed by atoms with E-state index < -0.39 is 0 Å². The van der Waals surface area contributed by atoms with E-state index in [0.717, 1.165) is 34.1 Å². The van der Waals surface area contributed by atoms with Gasteiger partial charge in [0.25, 0.3) is 0 Å². The minimum atomic E-state index is -0.219. The monoisotopic (exact) mass is 406 g/mol. The number of nitrogens with one attached hydrogen (secondary N) is 1. The molecule has 0 radical (unpaired) electrons. The predicted octanol–water partition coefficient (Wildman–Crippen LogP) is 3.82. The summed E-state index contributed by atoms with van der Waals surface area (Å²) in [6.45, 7) is 3.88. The van der Waals surface area contributed by atoms with E-state index in [-0.39, 0.29) is 24.1 Å².